The number of methoxy groups -OCH3 is 1. The van der Waals surface area contributed by atoms with Crippen LogP contribution in [0.1, 0.15) is 12.5 Å². The third-order valence-corrected chi connectivity index (χ3v) is 3.00. The maximum Gasteiger partial charge on any atom is 0.126 e. The number of hydrogen-bond acceptors (Lipinski definition) is 2. The van der Waals surface area contributed by atoms with Gasteiger partial charge in [0.15, 0.2) is 0 Å². The number of benzene rings is 2. The highest BCUT2D eigenvalue weighted by Gasteiger charge is 2.04. The molecule has 0 unspecified atom stereocenters. The van der Waals surface area contributed by atoms with Gasteiger partial charge in [-0.1, -0.05) is 42.0 Å². The molecule has 94 valence electrons. The van der Waals surface area contributed by atoms with Crippen molar-refractivity contribution in [2.24, 2.45) is 0 Å². The molecule has 2 aromatic rings. The zero-order chi connectivity index (χ0) is 13.0. The normalized spacial score (nSPS) is 11.8. The smallest absolute Gasteiger partial charge is 0.126 e. The van der Waals surface area contributed by atoms with Crippen molar-refractivity contribution in [3.63, 3.8) is 0 Å². The van der Waals surface area contributed by atoms with Crippen molar-refractivity contribution in [3.05, 3.63) is 47.5 Å². The van der Waals surface area contributed by atoms with E-state index in [-0.39, 0.29) is 0 Å². The minimum Gasteiger partial charge on any atom is -0.496 e. The largest absolute Gasteiger partial charge is 0.496 e. The van der Waals surface area contributed by atoms with E-state index < -0.39 is 0 Å². The summed E-state index contributed by atoms with van der Waals surface area (Å²) in [5, 5.41) is 5.55. The summed E-state index contributed by atoms with van der Waals surface area (Å²) in [6, 6.07) is 12.5. The lowest BCUT2D eigenvalue weighted by atomic mass is 10.0. The highest BCUT2D eigenvalue weighted by Crippen LogP contribution is 2.29. The Kier molecular flexibility index (Phi) is 4.00. The van der Waals surface area contributed by atoms with Gasteiger partial charge in [0.1, 0.15) is 5.75 Å². The Morgan fingerprint density at radius 1 is 1.17 bits per heavy atom. The lowest BCUT2D eigenvalue weighted by molar-refractivity contribution is 0.420. The average molecular weight is 241 g/mol. The minimum atomic E-state index is 0.903. The number of rotatable bonds is 4. The molecule has 0 bridgehead atoms. The van der Waals surface area contributed by atoms with E-state index in [0.717, 1.165) is 17.7 Å². The molecule has 0 aliphatic heterocycles. The first-order chi connectivity index (χ1) is 8.76. The van der Waals surface area contributed by atoms with Gasteiger partial charge in [-0.05, 0) is 31.0 Å². The van der Waals surface area contributed by atoms with Crippen molar-refractivity contribution in [2.45, 2.75) is 6.92 Å². The van der Waals surface area contributed by atoms with Crippen LogP contribution < -0.4 is 10.1 Å². The van der Waals surface area contributed by atoms with Gasteiger partial charge < -0.3 is 10.1 Å². The van der Waals surface area contributed by atoms with Crippen molar-refractivity contribution in [3.8, 4) is 5.75 Å². The first-order valence-electron chi connectivity index (χ1n) is 6.13. The van der Waals surface area contributed by atoms with E-state index >= 15 is 0 Å². The Balaban J connectivity index is 2.56. The number of fused-ring (bicyclic) bond motifs is 1. The Morgan fingerprint density at radius 3 is 2.56 bits per heavy atom. The molecule has 0 saturated carbocycles. The molecule has 0 saturated heterocycles. The molecule has 0 radical (unpaired) electrons. The standard InChI is InChI=1S/C16H19NO/c1-12(11-17-2)10-13-8-9-16(18-3)15-7-5-4-6-14(13)15/h4-10,17H,11H2,1-3H3. The van der Waals surface area contributed by atoms with Crippen LogP contribution in [-0.2, 0) is 0 Å². The second-order valence-corrected chi connectivity index (χ2v) is 4.42. The van der Waals surface area contributed by atoms with Gasteiger partial charge in [-0.3, -0.25) is 0 Å². The highest BCUT2D eigenvalue weighted by molar-refractivity contribution is 5.95. The third kappa shape index (κ3) is 2.54. The van der Waals surface area contributed by atoms with Crippen LogP contribution in [0.15, 0.2) is 42.0 Å². The Bertz CT molecular complexity index is 572. The van der Waals surface area contributed by atoms with E-state index in [9.17, 15) is 0 Å². The van der Waals surface area contributed by atoms with Gasteiger partial charge in [-0.15, -0.1) is 0 Å². The molecule has 0 atom stereocenters. The summed E-state index contributed by atoms with van der Waals surface area (Å²) in [5.74, 6) is 0.925. The van der Waals surface area contributed by atoms with Crippen molar-refractivity contribution in [2.75, 3.05) is 20.7 Å². The number of nitrogens with one attached hydrogen (secondary N) is 1. The summed E-state index contributed by atoms with van der Waals surface area (Å²) in [7, 11) is 3.67. The van der Waals surface area contributed by atoms with Gasteiger partial charge in [0.2, 0.25) is 0 Å². The molecule has 2 aromatic carbocycles. The fraction of sp³-hybridized carbons (Fsp3) is 0.250. The lowest BCUT2D eigenvalue weighted by Gasteiger charge is -2.09. The fourth-order valence-electron chi connectivity index (χ4n) is 2.19. The van der Waals surface area contributed by atoms with Gasteiger partial charge in [-0.25, -0.2) is 0 Å². The molecule has 18 heavy (non-hydrogen) atoms. The predicted molar refractivity (Wildman–Crippen MR) is 78.1 cm³/mol. The Labute approximate surface area is 108 Å². The number of likely N-dealkylation sites (N-methyl/N-ethyl adjacent to an activating group) is 1. The Hall–Kier alpha value is -1.80. The van der Waals surface area contributed by atoms with Crippen LogP contribution in [0, 0.1) is 0 Å². The first-order valence-corrected chi connectivity index (χ1v) is 6.13. The SMILES string of the molecule is CNCC(C)=Cc1ccc(OC)c2ccccc12. The van der Waals surface area contributed by atoms with Gasteiger partial charge >= 0.3 is 0 Å². The summed E-state index contributed by atoms with van der Waals surface area (Å²) in [5.41, 5.74) is 2.55. The molecule has 0 aromatic heterocycles. The van der Waals surface area contributed by atoms with Crippen LogP contribution in [0.4, 0.5) is 0 Å². The third-order valence-electron chi connectivity index (χ3n) is 3.00. The zero-order valence-corrected chi connectivity index (χ0v) is 11.2. The van der Waals surface area contributed by atoms with Gasteiger partial charge in [0.05, 0.1) is 7.11 Å². The second kappa shape index (κ2) is 5.69. The summed E-state index contributed by atoms with van der Waals surface area (Å²) in [4.78, 5) is 0. The molecule has 0 heterocycles. The second-order valence-electron chi connectivity index (χ2n) is 4.42. The first kappa shape index (κ1) is 12.7. The van der Waals surface area contributed by atoms with Crippen LogP contribution in [0.5, 0.6) is 5.75 Å². The van der Waals surface area contributed by atoms with Gasteiger partial charge in [-0.2, -0.15) is 0 Å². The molecule has 0 amide bonds. The van der Waals surface area contributed by atoms with Crippen LogP contribution in [0.3, 0.4) is 0 Å². The maximum absolute atomic E-state index is 5.40. The maximum atomic E-state index is 5.40. The van der Waals surface area contributed by atoms with E-state index in [0.29, 0.717) is 0 Å². The minimum absolute atomic E-state index is 0.903. The lowest BCUT2D eigenvalue weighted by Crippen LogP contribution is -2.08. The molecule has 0 fully saturated rings. The number of hydrogen-bond donors (Lipinski definition) is 1. The van der Waals surface area contributed by atoms with Crippen LogP contribution in [0.2, 0.25) is 0 Å². The summed E-state index contributed by atoms with van der Waals surface area (Å²) in [6.45, 7) is 3.04. The Morgan fingerprint density at radius 2 is 1.89 bits per heavy atom. The van der Waals surface area contributed by atoms with Crippen molar-refractivity contribution in [1.82, 2.24) is 5.32 Å². The van der Waals surface area contributed by atoms with E-state index in [1.54, 1.807) is 7.11 Å². The van der Waals surface area contributed by atoms with Gasteiger partial charge in [0, 0.05) is 11.9 Å². The zero-order valence-electron chi connectivity index (χ0n) is 11.2. The summed E-state index contributed by atoms with van der Waals surface area (Å²) >= 11 is 0. The molecule has 0 aliphatic rings. The molecule has 2 rings (SSSR count). The average Bonchev–Trinajstić information content (AvgIpc) is 2.39. The van der Waals surface area contributed by atoms with Crippen molar-refractivity contribution < 1.29 is 4.74 Å². The van der Waals surface area contributed by atoms with Crippen molar-refractivity contribution >= 4 is 16.8 Å². The molecule has 1 N–H and O–H groups in total. The predicted octanol–water partition coefficient (Wildman–Crippen LogP) is 3.47. The molecule has 0 aliphatic carbocycles. The molecule has 2 heteroatoms. The summed E-state index contributed by atoms with van der Waals surface area (Å²) < 4.78 is 5.40. The molecule has 0 spiro atoms. The van der Waals surface area contributed by atoms with E-state index in [4.69, 9.17) is 4.74 Å². The van der Waals surface area contributed by atoms with Gasteiger partial charge in [0.25, 0.3) is 0 Å². The van der Waals surface area contributed by atoms with Crippen LogP contribution in [0.25, 0.3) is 16.8 Å². The fourth-order valence-corrected chi connectivity index (χ4v) is 2.19. The molecular weight excluding hydrogens is 222 g/mol. The summed E-state index contributed by atoms with van der Waals surface area (Å²) in [6.07, 6.45) is 2.22. The van der Waals surface area contributed by atoms with Crippen LogP contribution >= 0.6 is 0 Å². The molecular formula is C16H19NO. The highest BCUT2D eigenvalue weighted by atomic mass is 16.5. The van der Waals surface area contributed by atoms with Crippen LogP contribution in [-0.4, -0.2) is 20.7 Å². The number of ether oxygens (including phenoxy) is 1. The quantitative estimate of drug-likeness (QED) is 0.885. The van der Waals surface area contributed by atoms with E-state index in [1.165, 1.54) is 16.5 Å². The van der Waals surface area contributed by atoms with E-state index in [2.05, 4.69) is 42.6 Å². The van der Waals surface area contributed by atoms with E-state index in [1.807, 2.05) is 19.2 Å². The molecule has 2 nitrogen and oxygen atoms in total. The monoisotopic (exact) mass is 241 g/mol. The van der Waals surface area contributed by atoms with Crippen molar-refractivity contribution in [1.29, 1.82) is 0 Å². The topological polar surface area (TPSA) is 21.3 Å².